The Labute approximate surface area is 431 Å². The van der Waals surface area contributed by atoms with Gasteiger partial charge in [0.1, 0.15) is 13.2 Å². The number of carbonyl (C=O) groups is 1. The molecule has 69 heavy (non-hydrogen) atoms. The summed E-state index contributed by atoms with van der Waals surface area (Å²) in [6.45, 7) is 4.71. The Bertz CT molecular complexity index is 1130. The van der Waals surface area contributed by atoms with Crippen molar-refractivity contribution in [2.24, 2.45) is 0 Å². The highest BCUT2D eigenvalue weighted by Gasteiger charge is 2.23. The molecule has 0 heterocycles. The summed E-state index contributed by atoms with van der Waals surface area (Å²) in [4.78, 5) is 25.5. The van der Waals surface area contributed by atoms with E-state index in [1.54, 1.807) is 6.08 Å². The average Bonchev–Trinajstić information content (AvgIpc) is 3.31. The van der Waals surface area contributed by atoms with Crippen molar-refractivity contribution >= 4 is 13.7 Å². The third kappa shape index (κ3) is 54.8. The van der Waals surface area contributed by atoms with E-state index >= 15 is 0 Å². The molecule has 0 saturated carbocycles. The van der Waals surface area contributed by atoms with Gasteiger partial charge in [-0.05, 0) is 19.3 Å². The van der Waals surface area contributed by atoms with Gasteiger partial charge in [-0.3, -0.25) is 9.36 Å². The van der Waals surface area contributed by atoms with Gasteiger partial charge in [-0.1, -0.05) is 302 Å². The van der Waals surface area contributed by atoms with E-state index in [-0.39, 0.29) is 19.1 Å². The standard InChI is InChI=1S/C60H121N2O6P/c1-6-8-10-12-14-16-18-20-22-24-26-27-28-29-30-31-32-33-34-35-36-37-39-41-43-45-47-49-51-53-59(63)58(57-68-69(65,66)67-56-55-62(3,4)5)61-60(64)54-52-50-48-46-44-42-40-38-25-23-21-19-17-15-13-11-9-7-2/h51,53,58-59,63H,6-50,52,54-57H2,1-5H3,(H-,61,64,65,66)/b53-51+. The number of unbranched alkanes of at least 4 members (excludes halogenated alkanes) is 44. The number of hydrogen-bond acceptors (Lipinski definition) is 6. The van der Waals surface area contributed by atoms with E-state index in [1.165, 1.54) is 257 Å². The maximum atomic E-state index is 13.0. The summed E-state index contributed by atoms with van der Waals surface area (Å²) in [6.07, 6.45) is 64.4. The summed E-state index contributed by atoms with van der Waals surface area (Å²) in [7, 11) is 1.28. The summed E-state index contributed by atoms with van der Waals surface area (Å²) in [5.41, 5.74) is 0. The van der Waals surface area contributed by atoms with Gasteiger partial charge in [0.05, 0.1) is 39.9 Å². The molecule has 0 rings (SSSR count). The Morgan fingerprint density at radius 2 is 0.783 bits per heavy atom. The van der Waals surface area contributed by atoms with Gasteiger partial charge in [0.15, 0.2) is 0 Å². The van der Waals surface area contributed by atoms with Gasteiger partial charge in [-0.2, -0.15) is 0 Å². The molecular weight excluding hydrogens is 876 g/mol. The SMILES string of the molecule is CCCCCCCCCCCCCCCCCCCCCCCCCCCCC/C=C/C(O)C(COP(=O)([O-])OCC[N+](C)(C)C)NC(=O)CCCCCCCCCCCCCCCCCCCC. The first-order valence-corrected chi connectivity index (χ1v) is 32.0. The molecule has 3 unspecified atom stereocenters. The van der Waals surface area contributed by atoms with E-state index in [0.29, 0.717) is 17.4 Å². The number of aliphatic hydroxyl groups excluding tert-OH is 1. The van der Waals surface area contributed by atoms with Crippen LogP contribution in [0.2, 0.25) is 0 Å². The van der Waals surface area contributed by atoms with Crippen molar-refractivity contribution in [1.29, 1.82) is 0 Å². The molecule has 0 spiro atoms. The van der Waals surface area contributed by atoms with Gasteiger partial charge < -0.3 is 28.8 Å². The van der Waals surface area contributed by atoms with Crippen LogP contribution >= 0.6 is 7.82 Å². The molecule has 0 aliphatic heterocycles. The first-order chi connectivity index (χ1) is 33.5. The third-order valence-electron chi connectivity index (χ3n) is 14.2. The van der Waals surface area contributed by atoms with E-state index < -0.39 is 20.0 Å². The molecule has 9 heteroatoms. The number of quaternary nitrogens is 1. The van der Waals surface area contributed by atoms with Crippen LogP contribution in [0.3, 0.4) is 0 Å². The second-order valence-electron chi connectivity index (χ2n) is 22.4. The lowest BCUT2D eigenvalue weighted by molar-refractivity contribution is -0.870. The van der Waals surface area contributed by atoms with Crippen molar-refractivity contribution in [1.82, 2.24) is 5.32 Å². The number of rotatable bonds is 57. The van der Waals surface area contributed by atoms with Crippen LogP contribution in [0, 0.1) is 0 Å². The molecule has 0 aromatic rings. The lowest BCUT2D eigenvalue weighted by atomic mass is 10.0. The largest absolute Gasteiger partial charge is 0.756 e. The van der Waals surface area contributed by atoms with E-state index in [0.717, 1.165) is 38.5 Å². The van der Waals surface area contributed by atoms with Crippen molar-refractivity contribution in [3.63, 3.8) is 0 Å². The van der Waals surface area contributed by atoms with Crippen molar-refractivity contribution in [2.75, 3.05) is 40.9 Å². The highest BCUT2D eigenvalue weighted by Crippen LogP contribution is 2.38. The predicted molar refractivity (Wildman–Crippen MR) is 298 cm³/mol. The van der Waals surface area contributed by atoms with E-state index in [9.17, 15) is 19.4 Å². The van der Waals surface area contributed by atoms with E-state index in [1.807, 2.05) is 27.2 Å². The molecule has 0 radical (unpaired) electrons. The number of nitrogens with zero attached hydrogens (tertiary/aromatic N) is 1. The molecule has 3 atom stereocenters. The number of hydrogen-bond donors (Lipinski definition) is 2. The number of aliphatic hydroxyl groups is 1. The molecular formula is C60H121N2O6P. The maximum Gasteiger partial charge on any atom is 0.268 e. The fourth-order valence-electron chi connectivity index (χ4n) is 9.45. The molecule has 0 aromatic heterocycles. The summed E-state index contributed by atoms with van der Waals surface area (Å²) in [6, 6.07) is -0.882. The molecule has 0 aliphatic rings. The van der Waals surface area contributed by atoms with Crippen molar-refractivity contribution in [2.45, 2.75) is 328 Å². The summed E-state index contributed by atoms with van der Waals surface area (Å²) >= 11 is 0. The Morgan fingerprint density at radius 3 is 1.09 bits per heavy atom. The van der Waals surface area contributed by atoms with Crippen LogP contribution in [-0.4, -0.2) is 68.5 Å². The Morgan fingerprint density at radius 1 is 0.493 bits per heavy atom. The van der Waals surface area contributed by atoms with E-state index in [4.69, 9.17) is 9.05 Å². The molecule has 0 aliphatic carbocycles. The Balaban J connectivity index is 4.10. The van der Waals surface area contributed by atoms with Crippen LogP contribution < -0.4 is 10.2 Å². The smallest absolute Gasteiger partial charge is 0.268 e. The topological polar surface area (TPSA) is 108 Å². The molecule has 1 amide bonds. The highest BCUT2D eigenvalue weighted by atomic mass is 31.2. The first-order valence-electron chi connectivity index (χ1n) is 30.6. The average molecular weight is 998 g/mol. The zero-order chi connectivity index (χ0) is 50.6. The second-order valence-corrected chi connectivity index (χ2v) is 23.8. The van der Waals surface area contributed by atoms with Gasteiger partial charge in [-0.15, -0.1) is 0 Å². The molecule has 0 fully saturated rings. The number of phosphoric ester groups is 1. The minimum Gasteiger partial charge on any atom is -0.756 e. The lowest BCUT2D eigenvalue weighted by Crippen LogP contribution is -2.45. The molecule has 2 N–H and O–H groups in total. The predicted octanol–water partition coefficient (Wildman–Crippen LogP) is 18.0. The number of amides is 1. The van der Waals surface area contributed by atoms with Crippen LogP contribution in [0.1, 0.15) is 316 Å². The first kappa shape index (κ1) is 68.2. The zero-order valence-corrected chi connectivity index (χ0v) is 47.9. The van der Waals surface area contributed by atoms with Crippen molar-refractivity contribution in [3.8, 4) is 0 Å². The fourth-order valence-corrected chi connectivity index (χ4v) is 10.2. The Kier molecular flexibility index (Phi) is 51.5. The molecule has 0 bridgehead atoms. The van der Waals surface area contributed by atoms with Crippen LogP contribution in [0.15, 0.2) is 12.2 Å². The van der Waals surface area contributed by atoms with Crippen LogP contribution in [-0.2, 0) is 18.4 Å². The van der Waals surface area contributed by atoms with Crippen molar-refractivity contribution < 1.29 is 32.9 Å². The molecule has 412 valence electrons. The normalized spacial score (nSPS) is 13.9. The van der Waals surface area contributed by atoms with Crippen LogP contribution in [0.25, 0.3) is 0 Å². The number of phosphoric acid groups is 1. The van der Waals surface area contributed by atoms with Gasteiger partial charge in [-0.25, -0.2) is 0 Å². The lowest BCUT2D eigenvalue weighted by Gasteiger charge is -2.29. The fraction of sp³-hybridized carbons (Fsp3) is 0.950. The minimum atomic E-state index is -4.59. The maximum absolute atomic E-state index is 13.0. The van der Waals surface area contributed by atoms with Crippen LogP contribution in [0.5, 0.6) is 0 Å². The van der Waals surface area contributed by atoms with Gasteiger partial charge in [0.2, 0.25) is 5.91 Å². The molecule has 0 saturated heterocycles. The molecule has 0 aromatic carbocycles. The number of allylic oxidation sites excluding steroid dienone is 1. The number of carbonyl (C=O) groups excluding carboxylic acids is 1. The van der Waals surface area contributed by atoms with Gasteiger partial charge in [0.25, 0.3) is 7.82 Å². The number of nitrogens with one attached hydrogen (secondary N) is 1. The summed E-state index contributed by atoms with van der Waals surface area (Å²) in [5, 5.41) is 13.9. The second kappa shape index (κ2) is 52.1. The number of likely N-dealkylation sites (N-methyl/N-ethyl adjacent to an activating group) is 1. The van der Waals surface area contributed by atoms with Gasteiger partial charge in [0, 0.05) is 6.42 Å². The third-order valence-corrected chi connectivity index (χ3v) is 15.2. The van der Waals surface area contributed by atoms with Crippen molar-refractivity contribution in [3.05, 3.63) is 12.2 Å². The summed E-state index contributed by atoms with van der Waals surface area (Å²) in [5.74, 6) is -0.190. The quantitative estimate of drug-likeness (QED) is 0.0272. The van der Waals surface area contributed by atoms with Crippen LogP contribution in [0.4, 0.5) is 0 Å². The summed E-state index contributed by atoms with van der Waals surface area (Å²) < 4.78 is 23.4. The minimum absolute atomic E-state index is 0.00275. The molecule has 8 nitrogen and oxygen atoms in total. The van der Waals surface area contributed by atoms with E-state index in [2.05, 4.69) is 19.2 Å². The Hall–Kier alpha value is -0.760. The van der Waals surface area contributed by atoms with Gasteiger partial charge >= 0.3 is 0 Å². The highest BCUT2D eigenvalue weighted by molar-refractivity contribution is 7.45. The zero-order valence-electron chi connectivity index (χ0n) is 47.0. The monoisotopic (exact) mass is 997 g/mol.